The van der Waals surface area contributed by atoms with Crippen molar-refractivity contribution in [1.82, 2.24) is 19.8 Å². The number of hydrogen-bond acceptors (Lipinski definition) is 6. The first-order valence-corrected chi connectivity index (χ1v) is 8.85. The van der Waals surface area contributed by atoms with E-state index in [1.807, 2.05) is 0 Å². The van der Waals surface area contributed by atoms with Crippen LogP contribution >= 0.6 is 0 Å². The Morgan fingerprint density at radius 2 is 1.84 bits per heavy atom. The number of ether oxygens (including phenoxy) is 1. The molecule has 2 heterocycles. The first kappa shape index (κ1) is 19.0. The van der Waals surface area contributed by atoms with E-state index in [4.69, 9.17) is 4.74 Å². The molecule has 0 spiro atoms. The van der Waals surface area contributed by atoms with Gasteiger partial charge < -0.3 is 19.9 Å². The minimum absolute atomic E-state index is 0.132. The molecular weight excluding hydrogens is 322 g/mol. The molecule has 0 bridgehead atoms. The normalized spacial score (nSPS) is 14.4. The van der Waals surface area contributed by atoms with Crippen LogP contribution in [-0.2, 0) is 4.74 Å². The number of anilines is 1. The summed E-state index contributed by atoms with van der Waals surface area (Å²) in [4.78, 5) is 36.4. The number of amides is 2. The molecule has 138 valence electrons. The summed E-state index contributed by atoms with van der Waals surface area (Å²) in [7, 11) is 0. The minimum Gasteiger partial charge on any atom is -0.450 e. The average Bonchev–Trinajstić information content (AvgIpc) is 2.61. The number of rotatable bonds is 6. The van der Waals surface area contributed by atoms with Gasteiger partial charge in [-0.25, -0.2) is 14.8 Å². The van der Waals surface area contributed by atoms with E-state index < -0.39 is 0 Å². The van der Waals surface area contributed by atoms with Crippen molar-refractivity contribution < 1.29 is 14.3 Å². The van der Waals surface area contributed by atoms with Crippen molar-refractivity contribution in [2.24, 2.45) is 0 Å². The summed E-state index contributed by atoms with van der Waals surface area (Å²) >= 11 is 0. The van der Waals surface area contributed by atoms with Gasteiger partial charge in [-0.1, -0.05) is 13.3 Å². The molecule has 2 rings (SSSR count). The van der Waals surface area contributed by atoms with Gasteiger partial charge in [0.25, 0.3) is 5.91 Å². The highest BCUT2D eigenvalue weighted by atomic mass is 16.6. The van der Waals surface area contributed by atoms with Crippen molar-refractivity contribution in [3.05, 3.63) is 17.6 Å². The predicted octanol–water partition coefficient (Wildman–Crippen LogP) is 1.91. The molecule has 25 heavy (non-hydrogen) atoms. The van der Waals surface area contributed by atoms with Crippen LogP contribution in [0.15, 0.2) is 6.07 Å². The second-order valence-electron chi connectivity index (χ2n) is 5.94. The Kier molecular flexibility index (Phi) is 6.97. The third kappa shape index (κ3) is 5.30. The molecule has 1 fully saturated rings. The zero-order valence-electron chi connectivity index (χ0n) is 15.2. The summed E-state index contributed by atoms with van der Waals surface area (Å²) in [5, 5.41) is 3.23. The molecule has 0 radical (unpaired) electrons. The van der Waals surface area contributed by atoms with Crippen molar-refractivity contribution >= 4 is 17.8 Å². The van der Waals surface area contributed by atoms with Gasteiger partial charge in [0.05, 0.1) is 6.61 Å². The molecule has 1 aliphatic heterocycles. The fourth-order valence-corrected chi connectivity index (χ4v) is 2.63. The Bertz CT molecular complexity index is 600. The number of aromatic nitrogens is 2. The highest BCUT2D eigenvalue weighted by molar-refractivity contribution is 5.93. The molecule has 8 heteroatoms. The fraction of sp³-hybridized carbons (Fsp3) is 0.647. The number of piperazine rings is 1. The molecule has 0 atom stereocenters. The topological polar surface area (TPSA) is 87.7 Å². The molecule has 1 saturated heterocycles. The van der Waals surface area contributed by atoms with Crippen LogP contribution in [-0.4, -0.2) is 71.1 Å². The molecule has 1 aliphatic rings. The zero-order chi connectivity index (χ0) is 18.2. The van der Waals surface area contributed by atoms with Gasteiger partial charge in [0.1, 0.15) is 17.3 Å². The summed E-state index contributed by atoms with van der Waals surface area (Å²) in [6, 6.07) is 1.70. The molecule has 0 unspecified atom stereocenters. The van der Waals surface area contributed by atoms with Gasteiger partial charge in [-0.3, -0.25) is 4.79 Å². The third-order valence-corrected chi connectivity index (χ3v) is 3.99. The Morgan fingerprint density at radius 3 is 2.48 bits per heavy atom. The van der Waals surface area contributed by atoms with E-state index in [0.717, 1.165) is 19.4 Å². The van der Waals surface area contributed by atoms with E-state index in [9.17, 15) is 9.59 Å². The molecule has 0 aromatic carbocycles. The molecule has 0 aliphatic carbocycles. The van der Waals surface area contributed by atoms with Crippen LogP contribution in [0.4, 0.5) is 10.6 Å². The number of carbonyl (C=O) groups excluding carboxylic acids is 2. The molecule has 1 aromatic heterocycles. The maximum Gasteiger partial charge on any atom is 0.409 e. The van der Waals surface area contributed by atoms with Crippen LogP contribution in [0.2, 0.25) is 0 Å². The molecule has 1 aromatic rings. The van der Waals surface area contributed by atoms with Crippen molar-refractivity contribution in [2.45, 2.75) is 33.6 Å². The van der Waals surface area contributed by atoms with E-state index >= 15 is 0 Å². The Balaban J connectivity index is 1.97. The van der Waals surface area contributed by atoms with Gasteiger partial charge in [-0.15, -0.1) is 0 Å². The van der Waals surface area contributed by atoms with Crippen molar-refractivity contribution in [3.8, 4) is 0 Å². The monoisotopic (exact) mass is 349 g/mol. The van der Waals surface area contributed by atoms with Crippen LogP contribution in [0.25, 0.3) is 0 Å². The largest absolute Gasteiger partial charge is 0.450 e. The molecule has 1 N–H and O–H groups in total. The summed E-state index contributed by atoms with van der Waals surface area (Å²) in [6.45, 7) is 8.73. The number of carbonyl (C=O) groups is 2. The summed E-state index contributed by atoms with van der Waals surface area (Å²) in [6.07, 6.45) is 1.81. The van der Waals surface area contributed by atoms with Gasteiger partial charge in [-0.05, 0) is 20.3 Å². The molecule has 0 saturated carbocycles. The molecular formula is C17H27N5O3. The number of aryl methyl sites for hydroxylation is 1. The predicted molar refractivity (Wildman–Crippen MR) is 94.7 cm³/mol. The zero-order valence-corrected chi connectivity index (χ0v) is 15.2. The lowest BCUT2D eigenvalue weighted by Gasteiger charge is -2.33. The highest BCUT2D eigenvalue weighted by Crippen LogP contribution is 2.12. The number of nitrogens with zero attached hydrogens (tertiary/aromatic N) is 4. The minimum atomic E-state index is -0.324. The summed E-state index contributed by atoms with van der Waals surface area (Å²) in [5.41, 5.74) is 0.385. The maximum atomic E-state index is 12.7. The number of hydrogen-bond donors (Lipinski definition) is 1. The highest BCUT2D eigenvalue weighted by Gasteiger charge is 2.26. The van der Waals surface area contributed by atoms with Gasteiger partial charge >= 0.3 is 6.09 Å². The quantitative estimate of drug-likeness (QED) is 0.790. The van der Waals surface area contributed by atoms with Crippen molar-refractivity contribution in [1.29, 1.82) is 0 Å². The fourth-order valence-electron chi connectivity index (χ4n) is 2.63. The number of unbranched alkanes of at least 4 members (excludes halogenated alkanes) is 1. The Labute approximate surface area is 148 Å². The first-order chi connectivity index (χ1) is 12.0. The Morgan fingerprint density at radius 1 is 1.16 bits per heavy atom. The SMILES string of the molecule is CCCCNc1cc(C(=O)N2CCN(C(=O)OCC)CC2)nc(C)n1. The average molecular weight is 349 g/mol. The van der Waals surface area contributed by atoms with Crippen LogP contribution in [0.5, 0.6) is 0 Å². The first-order valence-electron chi connectivity index (χ1n) is 8.85. The van der Waals surface area contributed by atoms with Crippen LogP contribution < -0.4 is 5.32 Å². The van der Waals surface area contributed by atoms with E-state index in [1.54, 1.807) is 29.7 Å². The van der Waals surface area contributed by atoms with Crippen LogP contribution in [0, 0.1) is 6.92 Å². The van der Waals surface area contributed by atoms with Gasteiger partial charge in [-0.2, -0.15) is 0 Å². The van der Waals surface area contributed by atoms with Crippen LogP contribution in [0.1, 0.15) is 43.0 Å². The van der Waals surface area contributed by atoms with Crippen molar-refractivity contribution in [2.75, 3.05) is 44.6 Å². The lowest BCUT2D eigenvalue weighted by atomic mass is 10.2. The lowest BCUT2D eigenvalue weighted by Crippen LogP contribution is -2.50. The lowest BCUT2D eigenvalue weighted by molar-refractivity contribution is 0.0565. The van der Waals surface area contributed by atoms with Gasteiger partial charge in [0.2, 0.25) is 0 Å². The Hall–Kier alpha value is -2.38. The smallest absolute Gasteiger partial charge is 0.409 e. The van der Waals surface area contributed by atoms with Crippen LogP contribution in [0.3, 0.4) is 0 Å². The van der Waals surface area contributed by atoms with Gasteiger partial charge in [0.15, 0.2) is 0 Å². The maximum absolute atomic E-state index is 12.7. The molecule has 8 nitrogen and oxygen atoms in total. The molecule has 2 amide bonds. The van der Waals surface area contributed by atoms with E-state index in [1.165, 1.54) is 0 Å². The van der Waals surface area contributed by atoms with E-state index in [2.05, 4.69) is 22.2 Å². The second-order valence-corrected chi connectivity index (χ2v) is 5.94. The third-order valence-electron chi connectivity index (χ3n) is 3.99. The standard InChI is InChI=1S/C17H27N5O3/c1-4-6-7-18-15-12-14(19-13(3)20-15)16(23)21-8-10-22(11-9-21)17(24)25-5-2/h12H,4-11H2,1-3H3,(H,18,19,20). The summed E-state index contributed by atoms with van der Waals surface area (Å²) in [5.74, 6) is 1.11. The van der Waals surface area contributed by atoms with E-state index in [0.29, 0.717) is 50.1 Å². The summed E-state index contributed by atoms with van der Waals surface area (Å²) < 4.78 is 4.99. The second kappa shape index (κ2) is 9.19. The number of nitrogens with one attached hydrogen (secondary N) is 1. The van der Waals surface area contributed by atoms with Gasteiger partial charge in [0, 0.05) is 38.8 Å². The van der Waals surface area contributed by atoms with E-state index in [-0.39, 0.29) is 12.0 Å². The van der Waals surface area contributed by atoms with Crippen molar-refractivity contribution in [3.63, 3.8) is 0 Å².